The molecule has 0 fully saturated rings. The van der Waals surface area contributed by atoms with E-state index in [1.54, 1.807) is 18.4 Å². The zero-order valence-corrected chi connectivity index (χ0v) is 9.98. The van der Waals surface area contributed by atoms with Crippen LogP contribution in [-0.2, 0) is 6.61 Å². The first-order chi connectivity index (χ1) is 6.77. The molecule has 0 amide bonds. The van der Waals surface area contributed by atoms with Crippen LogP contribution in [0.1, 0.15) is 5.56 Å². The van der Waals surface area contributed by atoms with Gasteiger partial charge in [-0.1, -0.05) is 0 Å². The molecule has 2 aromatic rings. The van der Waals surface area contributed by atoms with E-state index in [1.807, 2.05) is 17.5 Å². The molecule has 1 heterocycles. The van der Waals surface area contributed by atoms with Crippen molar-refractivity contribution in [1.82, 2.24) is 0 Å². The van der Waals surface area contributed by atoms with Crippen LogP contribution in [0.15, 0.2) is 22.0 Å². The molecule has 0 bridgehead atoms. The van der Waals surface area contributed by atoms with Crippen LogP contribution in [0.5, 0.6) is 5.75 Å². The zero-order valence-electron chi connectivity index (χ0n) is 7.58. The van der Waals surface area contributed by atoms with Crippen LogP contribution in [0.2, 0.25) is 0 Å². The Morgan fingerprint density at radius 3 is 2.93 bits per heavy atom. The van der Waals surface area contributed by atoms with E-state index in [1.165, 1.54) is 0 Å². The van der Waals surface area contributed by atoms with Crippen LogP contribution in [0.4, 0.5) is 0 Å². The summed E-state index contributed by atoms with van der Waals surface area (Å²) in [5.74, 6) is 0.797. The molecule has 0 saturated carbocycles. The van der Waals surface area contributed by atoms with Crippen molar-refractivity contribution in [2.75, 3.05) is 7.11 Å². The maximum Gasteiger partial charge on any atom is 0.133 e. The van der Waals surface area contributed by atoms with Crippen molar-refractivity contribution in [3.05, 3.63) is 27.5 Å². The van der Waals surface area contributed by atoms with Gasteiger partial charge in [-0.05, 0) is 39.0 Å². The molecular weight excluding hydrogens is 264 g/mol. The first-order valence-corrected chi connectivity index (χ1v) is 5.78. The Balaban J connectivity index is 2.77. The average Bonchev–Trinajstić information content (AvgIpc) is 2.62. The van der Waals surface area contributed by atoms with E-state index in [9.17, 15) is 0 Å². The maximum atomic E-state index is 9.16. The van der Waals surface area contributed by atoms with Crippen molar-refractivity contribution < 1.29 is 9.84 Å². The summed E-state index contributed by atoms with van der Waals surface area (Å²) in [6, 6.07) is 3.92. The van der Waals surface area contributed by atoms with Crippen LogP contribution in [-0.4, -0.2) is 12.2 Å². The van der Waals surface area contributed by atoms with E-state index in [-0.39, 0.29) is 6.61 Å². The van der Waals surface area contributed by atoms with Crippen molar-refractivity contribution in [2.24, 2.45) is 0 Å². The summed E-state index contributed by atoms with van der Waals surface area (Å²) in [7, 11) is 1.64. The van der Waals surface area contributed by atoms with Crippen molar-refractivity contribution >= 4 is 37.4 Å². The van der Waals surface area contributed by atoms with E-state index >= 15 is 0 Å². The molecule has 4 heteroatoms. The largest absolute Gasteiger partial charge is 0.496 e. The van der Waals surface area contributed by atoms with Crippen molar-refractivity contribution in [3.8, 4) is 5.75 Å². The second-order valence-electron chi connectivity index (χ2n) is 2.87. The number of fused-ring (bicyclic) bond motifs is 1. The molecule has 0 aliphatic carbocycles. The Kier molecular flexibility index (Phi) is 2.76. The van der Waals surface area contributed by atoms with E-state index in [0.717, 1.165) is 25.9 Å². The smallest absolute Gasteiger partial charge is 0.133 e. The Labute approximate surface area is 94.3 Å². The Morgan fingerprint density at radius 2 is 2.29 bits per heavy atom. The molecule has 0 aliphatic rings. The molecule has 1 N–H and O–H groups in total. The van der Waals surface area contributed by atoms with Gasteiger partial charge >= 0.3 is 0 Å². The van der Waals surface area contributed by atoms with Gasteiger partial charge in [-0.25, -0.2) is 0 Å². The van der Waals surface area contributed by atoms with E-state index in [4.69, 9.17) is 9.84 Å². The number of halogens is 1. The molecule has 14 heavy (non-hydrogen) atoms. The second-order valence-corrected chi connectivity index (χ2v) is 4.58. The molecule has 0 radical (unpaired) electrons. The quantitative estimate of drug-likeness (QED) is 0.910. The van der Waals surface area contributed by atoms with Crippen LogP contribution in [0.3, 0.4) is 0 Å². The second kappa shape index (κ2) is 3.88. The van der Waals surface area contributed by atoms with Gasteiger partial charge < -0.3 is 9.84 Å². The van der Waals surface area contributed by atoms with Gasteiger partial charge in [-0.3, -0.25) is 0 Å². The predicted molar refractivity (Wildman–Crippen MR) is 62.0 cm³/mol. The monoisotopic (exact) mass is 272 g/mol. The van der Waals surface area contributed by atoms with Gasteiger partial charge in [0.1, 0.15) is 5.75 Å². The third-order valence-corrected chi connectivity index (χ3v) is 3.89. The molecule has 0 atom stereocenters. The molecule has 74 valence electrons. The number of hydrogen-bond acceptors (Lipinski definition) is 3. The minimum atomic E-state index is 0.0613. The minimum absolute atomic E-state index is 0.0613. The lowest BCUT2D eigenvalue weighted by atomic mass is 10.2. The number of benzene rings is 1. The van der Waals surface area contributed by atoms with Gasteiger partial charge in [0.15, 0.2) is 0 Å². The molecule has 0 spiro atoms. The standard InChI is InChI=1S/C10H9BrO2S/c1-13-7-2-3-8-9(10(7)11)6(4-12)5-14-8/h2-3,5,12H,4H2,1H3. The van der Waals surface area contributed by atoms with Crippen molar-refractivity contribution in [1.29, 1.82) is 0 Å². The van der Waals surface area contributed by atoms with Gasteiger partial charge in [0.25, 0.3) is 0 Å². The summed E-state index contributed by atoms with van der Waals surface area (Å²) in [6.07, 6.45) is 0. The third kappa shape index (κ3) is 1.43. The number of ether oxygens (including phenoxy) is 1. The summed E-state index contributed by atoms with van der Waals surface area (Å²) in [6.45, 7) is 0.0613. The summed E-state index contributed by atoms with van der Waals surface area (Å²) in [5, 5.41) is 12.2. The SMILES string of the molecule is COc1ccc2scc(CO)c2c1Br. The summed E-state index contributed by atoms with van der Waals surface area (Å²) in [4.78, 5) is 0. The normalized spacial score (nSPS) is 10.8. The van der Waals surface area contributed by atoms with E-state index in [2.05, 4.69) is 15.9 Å². The Bertz CT molecular complexity index is 464. The summed E-state index contributed by atoms with van der Waals surface area (Å²) in [5.41, 5.74) is 0.941. The zero-order chi connectivity index (χ0) is 10.1. The summed E-state index contributed by atoms with van der Waals surface area (Å²) < 4.78 is 7.27. The maximum absolute atomic E-state index is 9.16. The van der Waals surface area contributed by atoms with Gasteiger partial charge in [0.05, 0.1) is 18.2 Å². The molecule has 1 aromatic carbocycles. The highest BCUT2D eigenvalue weighted by Crippen LogP contribution is 2.38. The van der Waals surface area contributed by atoms with Crippen LogP contribution >= 0.6 is 27.3 Å². The molecule has 2 rings (SSSR count). The molecule has 2 nitrogen and oxygen atoms in total. The highest BCUT2D eigenvalue weighted by Gasteiger charge is 2.10. The van der Waals surface area contributed by atoms with Crippen molar-refractivity contribution in [3.63, 3.8) is 0 Å². The van der Waals surface area contributed by atoms with E-state index < -0.39 is 0 Å². The lowest BCUT2D eigenvalue weighted by Gasteiger charge is -2.04. The Hall–Kier alpha value is -0.580. The number of methoxy groups -OCH3 is 1. The summed E-state index contributed by atoms with van der Waals surface area (Å²) >= 11 is 5.11. The average molecular weight is 273 g/mol. The van der Waals surface area contributed by atoms with Crippen LogP contribution in [0, 0.1) is 0 Å². The molecular formula is C10H9BrO2S. The molecule has 1 aromatic heterocycles. The number of aliphatic hydroxyl groups is 1. The van der Waals surface area contributed by atoms with Crippen LogP contribution in [0.25, 0.3) is 10.1 Å². The predicted octanol–water partition coefficient (Wildman–Crippen LogP) is 3.16. The fraction of sp³-hybridized carbons (Fsp3) is 0.200. The fourth-order valence-electron chi connectivity index (χ4n) is 1.40. The lowest BCUT2D eigenvalue weighted by molar-refractivity contribution is 0.283. The van der Waals surface area contributed by atoms with Crippen molar-refractivity contribution in [2.45, 2.75) is 6.61 Å². The molecule has 0 aliphatic heterocycles. The van der Waals surface area contributed by atoms with Gasteiger partial charge in [0, 0.05) is 10.1 Å². The van der Waals surface area contributed by atoms with E-state index in [0.29, 0.717) is 0 Å². The Morgan fingerprint density at radius 1 is 1.50 bits per heavy atom. The minimum Gasteiger partial charge on any atom is -0.496 e. The van der Waals surface area contributed by atoms with Gasteiger partial charge in [-0.15, -0.1) is 11.3 Å². The number of aliphatic hydroxyl groups excluding tert-OH is 1. The highest BCUT2D eigenvalue weighted by molar-refractivity contribution is 9.10. The lowest BCUT2D eigenvalue weighted by Crippen LogP contribution is -1.86. The molecule has 0 saturated heterocycles. The molecule has 0 unspecified atom stereocenters. The number of rotatable bonds is 2. The topological polar surface area (TPSA) is 29.5 Å². The first-order valence-electron chi connectivity index (χ1n) is 4.11. The third-order valence-electron chi connectivity index (χ3n) is 2.11. The number of thiophene rings is 1. The fourth-order valence-corrected chi connectivity index (χ4v) is 3.26. The van der Waals surface area contributed by atoms with Gasteiger partial charge in [-0.2, -0.15) is 0 Å². The first kappa shape index (κ1) is 9.96. The van der Waals surface area contributed by atoms with Gasteiger partial charge in [0.2, 0.25) is 0 Å². The highest BCUT2D eigenvalue weighted by atomic mass is 79.9. The number of hydrogen-bond donors (Lipinski definition) is 1. The van der Waals surface area contributed by atoms with Crippen LogP contribution < -0.4 is 4.74 Å².